The Morgan fingerprint density at radius 3 is 2.42 bits per heavy atom. The number of amides is 1. The van der Waals surface area contributed by atoms with Crippen LogP contribution >= 0.6 is 23.2 Å². The van der Waals surface area contributed by atoms with Gasteiger partial charge < -0.3 is 5.11 Å². The Morgan fingerprint density at radius 2 is 1.84 bits per heavy atom. The van der Waals surface area contributed by atoms with Crippen molar-refractivity contribution in [2.24, 2.45) is 0 Å². The number of nitrogens with one attached hydrogen (secondary N) is 1. The Bertz CT molecular complexity index is 441. The Balaban J connectivity index is 1.93. The maximum Gasteiger partial charge on any atom is 0.276 e. The van der Waals surface area contributed by atoms with Crippen molar-refractivity contribution < 1.29 is 14.7 Å². The van der Waals surface area contributed by atoms with E-state index in [1.807, 2.05) is 0 Å². The number of carbonyl (C=O) groups excluding carboxylic acids is 1. The van der Waals surface area contributed by atoms with Crippen molar-refractivity contribution in [3.8, 4) is 0 Å². The molecule has 4 nitrogen and oxygen atoms in total. The van der Waals surface area contributed by atoms with Crippen molar-refractivity contribution in [3.63, 3.8) is 0 Å². The lowest BCUT2D eigenvalue weighted by atomic mass is 10.1. The number of halogens is 2. The highest BCUT2D eigenvalue weighted by atomic mass is 35.5. The molecule has 1 amide bonds. The number of benzene rings is 1. The molecule has 1 atom stereocenters. The fraction of sp³-hybridized carbons (Fsp3) is 0.462. The van der Waals surface area contributed by atoms with Gasteiger partial charge in [0.1, 0.15) is 0 Å². The van der Waals surface area contributed by atoms with Gasteiger partial charge in [0.2, 0.25) is 0 Å². The molecule has 1 aromatic rings. The van der Waals surface area contributed by atoms with E-state index in [1.165, 1.54) is 18.2 Å². The third-order valence-electron chi connectivity index (χ3n) is 3.08. The largest absolute Gasteiger partial charge is 0.378 e. The molecule has 104 valence electrons. The molecule has 2 rings (SSSR count). The molecule has 0 aliphatic heterocycles. The summed E-state index contributed by atoms with van der Waals surface area (Å²) in [7, 11) is 0. The van der Waals surface area contributed by atoms with Gasteiger partial charge in [0.15, 0.2) is 6.10 Å². The highest BCUT2D eigenvalue weighted by molar-refractivity contribution is 6.34. The molecular formula is C13H15Cl2NO3. The van der Waals surface area contributed by atoms with Gasteiger partial charge in [-0.15, -0.1) is 0 Å². The summed E-state index contributed by atoms with van der Waals surface area (Å²) in [6, 6.07) is 4.52. The summed E-state index contributed by atoms with van der Waals surface area (Å²) in [5, 5.41) is 10.6. The molecule has 1 unspecified atom stereocenters. The second kappa shape index (κ2) is 6.57. The molecular weight excluding hydrogens is 289 g/mol. The number of hydrogen-bond acceptors (Lipinski definition) is 3. The fourth-order valence-electron chi connectivity index (χ4n) is 2.09. The zero-order valence-corrected chi connectivity index (χ0v) is 11.7. The summed E-state index contributed by atoms with van der Waals surface area (Å²) in [4.78, 5) is 17.0. The van der Waals surface area contributed by atoms with Gasteiger partial charge in [0.25, 0.3) is 5.91 Å². The van der Waals surface area contributed by atoms with Gasteiger partial charge in [-0.05, 0) is 36.6 Å². The zero-order chi connectivity index (χ0) is 13.8. The molecule has 6 heteroatoms. The van der Waals surface area contributed by atoms with Crippen LogP contribution in [0.3, 0.4) is 0 Å². The summed E-state index contributed by atoms with van der Waals surface area (Å²) in [5.41, 5.74) is 2.62. The lowest BCUT2D eigenvalue weighted by Gasteiger charge is -2.15. The summed E-state index contributed by atoms with van der Waals surface area (Å²) < 4.78 is 0. The first-order valence-corrected chi connectivity index (χ1v) is 6.91. The highest BCUT2D eigenvalue weighted by Crippen LogP contribution is 2.24. The Kier molecular flexibility index (Phi) is 5.05. The highest BCUT2D eigenvalue weighted by Gasteiger charge is 2.21. The first-order valence-electron chi connectivity index (χ1n) is 6.16. The van der Waals surface area contributed by atoms with Crippen LogP contribution in [0.25, 0.3) is 0 Å². The predicted molar refractivity (Wildman–Crippen MR) is 72.9 cm³/mol. The molecule has 0 radical (unpaired) electrons. The van der Waals surface area contributed by atoms with E-state index in [2.05, 4.69) is 5.48 Å². The van der Waals surface area contributed by atoms with E-state index >= 15 is 0 Å². The summed E-state index contributed by atoms with van der Waals surface area (Å²) >= 11 is 11.6. The second-order valence-electron chi connectivity index (χ2n) is 4.60. The van der Waals surface area contributed by atoms with Crippen LogP contribution in [0.1, 0.15) is 37.4 Å². The Labute approximate surface area is 121 Å². The van der Waals surface area contributed by atoms with Gasteiger partial charge in [-0.25, -0.2) is 5.48 Å². The number of aliphatic hydroxyl groups excluding tert-OH is 1. The number of hydroxylamine groups is 1. The molecule has 1 aliphatic rings. The Morgan fingerprint density at radius 1 is 1.26 bits per heavy atom. The first kappa shape index (κ1) is 14.6. The molecule has 19 heavy (non-hydrogen) atoms. The maximum atomic E-state index is 11.8. The van der Waals surface area contributed by atoms with Crippen molar-refractivity contribution in [1.82, 2.24) is 5.48 Å². The van der Waals surface area contributed by atoms with E-state index in [9.17, 15) is 9.90 Å². The first-order chi connectivity index (χ1) is 9.06. The zero-order valence-electron chi connectivity index (χ0n) is 10.2. The van der Waals surface area contributed by atoms with Gasteiger partial charge in [0.05, 0.1) is 6.10 Å². The van der Waals surface area contributed by atoms with E-state index in [1.54, 1.807) is 0 Å². The standard InChI is InChI=1S/C13H15Cl2NO3/c14-9-5-8(6-10(15)7-9)12(17)13(18)16-19-11-3-1-2-4-11/h5-7,11-12,17H,1-4H2,(H,16,18). The normalized spacial score (nSPS) is 17.4. The summed E-state index contributed by atoms with van der Waals surface area (Å²) in [5.74, 6) is -0.620. The predicted octanol–water partition coefficient (Wildman–Crippen LogP) is 3.02. The van der Waals surface area contributed by atoms with E-state index in [4.69, 9.17) is 28.0 Å². The molecule has 0 bridgehead atoms. The van der Waals surface area contributed by atoms with Crippen LogP contribution < -0.4 is 5.48 Å². The molecule has 2 N–H and O–H groups in total. The molecule has 0 aromatic heterocycles. The van der Waals surface area contributed by atoms with Gasteiger partial charge >= 0.3 is 0 Å². The lowest BCUT2D eigenvalue weighted by molar-refractivity contribution is -0.147. The van der Waals surface area contributed by atoms with Gasteiger partial charge in [-0.1, -0.05) is 36.0 Å². The van der Waals surface area contributed by atoms with Crippen LogP contribution in [0, 0.1) is 0 Å². The molecule has 1 saturated carbocycles. The van der Waals surface area contributed by atoms with Crippen molar-refractivity contribution >= 4 is 29.1 Å². The van der Waals surface area contributed by atoms with E-state index in [0.29, 0.717) is 15.6 Å². The van der Waals surface area contributed by atoms with Crippen molar-refractivity contribution in [3.05, 3.63) is 33.8 Å². The van der Waals surface area contributed by atoms with E-state index in [-0.39, 0.29) is 6.10 Å². The molecule has 1 aliphatic carbocycles. The minimum absolute atomic E-state index is 0.0408. The SMILES string of the molecule is O=C(NOC1CCCC1)C(O)c1cc(Cl)cc(Cl)c1. The number of hydrogen-bond donors (Lipinski definition) is 2. The van der Waals surface area contributed by atoms with Crippen molar-refractivity contribution in [1.29, 1.82) is 0 Å². The molecule has 0 saturated heterocycles. The Hall–Kier alpha value is -0.810. The van der Waals surface area contributed by atoms with Crippen LogP contribution in [0.15, 0.2) is 18.2 Å². The van der Waals surface area contributed by atoms with Crippen LogP contribution in [-0.4, -0.2) is 17.1 Å². The smallest absolute Gasteiger partial charge is 0.276 e. The van der Waals surface area contributed by atoms with Gasteiger partial charge in [0, 0.05) is 10.0 Å². The van der Waals surface area contributed by atoms with Crippen LogP contribution in [0.2, 0.25) is 10.0 Å². The summed E-state index contributed by atoms with van der Waals surface area (Å²) in [6.45, 7) is 0. The molecule has 0 spiro atoms. The topological polar surface area (TPSA) is 58.6 Å². The lowest BCUT2D eigenvalue weighted by Crippen LogP contribution is -2.32. The van der Waals surface area contributed by atoms with Crippen LogP contribution in [0.4, 0.5) is 0 Å². The number of rotatable bonds is 4. The third kappa shape index (κ3) is 4.08. The van der Waals surface area contributed by atoms with Crippen molar-refractivity contribution in [2.45, 2.75) is 37.9 Å². The van der Waals surface area contributed by atoms with E-state index < -0.39 is 12.0 Å². The van der Waals surface area contributed by atoms with Crippen LogP contribution in [-0.2, 0) is 9.63 Å². The van der Waals surface area contributed by atoms with E-state index in [0.717, 1.165) is 25.7 Å². The van der Waals surface area contributed by atoms with Crippen LogP contribution in [0.5, 0.6) is 0 Å². The monoisotopic (exact) mass is 303 g/mol. The fourth-order valence-corrected chi connectivity index (χ4v) is 2.63. The number of carbonyl (C=O) groups is 1. The second-order valence-corrected chi connectivity index (χ2v) is 5.47. The quantitative estimate of drug-likeness (QED) is 0.841. The minimum atomic E-state index is -1.35. The third-order valence-corrected chi connectivity index (χ3v) is 3.51. The molecule has 1 fully saturated rings. The number of aliphatic hydroxyl groups is 1. The van der Waals surface area contributed by atoms with Gasteiger partial charge in [-0.3, -0.25) is 9.63 Å². The molecule has 1 aromatic carbocycles. The average Bonchev–Trinajstić information content (AvgIpc) is 2.87. The van der Waals surface area contributed by atoms with Crippen molar-refractivity contribution in [2.75, 3.05) is 0 Å². The maximum absolute atomic E-state index is 11.8. The summed E-state index contributed by atoms with van der Waals surface area (Å²) in [6.07, 6.45) is 2.76. The molecule has 0 heterocycles. The minimum Gasteiger partial charge on any atom is -0.378 e. The van der Waals surface area contributed by atoms with Gasteiger partial charge in [-0.2, -0.15) is 0 Å². The average molecular weight is 304 g/mol.